The quantitative estimate of drug-likeness (QED) is 0.353. The van der Waals surface area contributed by atoms with E-state index < -0.39 is 23.8 Å². The lowest BCUT2D eigenvalue weighted by molar-refractivity contribution is -0.141. The number of rotatable bonds is 9. The summed E-state index contributed by atoms with van der Waals surface area (Å²) in [6, 6.07) is 9.40. The summed E-state index contributed by atoms with van der Waals surface area (Å²) in [4.78, 5) is 43.0. The van der Waals surface area contributed by atoms with Crippen molar-refractivity contribution in [2.24, 2.45) is 5.92 Å². The first-order valence-electron chi connectivity index (χ1n) is 13.6. The topological polar surface area (TPSA) is 87.7 Å². The molecule has 1 saturated carbocycles. The second kappa shape index (κ2) is 12.4. The third-order valence-corrected chi connectivity index (χ3v) is 7.02. The average Bonchev–Trinajstić information content (AvgIpc) is 3.63. The van der Waals surface area contributed by atoms with E-state index in [2.05, 4.69) is 10.6 Å². The van der Waals surface area contributed by atoms with Gasteiger partial charge in [-0.25, -0.2) is 4.79 Å². The lowest BCUT2D eigenvalue weighted by atomic mass is 9.92. The number of halogens is 1. The van der Waals surface area contributed by atoms with E-state index in [9.17, 15) is 14.4 Å². The van der Waals surface area contributed by atoms with Crippen molar-refractivity contribution in [1.82, 2.24) is 10.2 Å². The molecule has 0 heterocycles. The van der Waals surface area contributed by atoms with Crippen molar-refractivity contribution in [2.45, 2.75) is 98.4 Å². The zero-order chi connectivity index (χ0) is 29.1. The number of anilines is 1. The monoisotopic (exact) mass is 555 g/mol. The molecule has 0 spiro atoms. The molecule has 0 aliphatic heterocycles. The average molecular weight is 556 g/mol. The molecule has 1 fully saturated rings. The van der Waals surface area contributed by atoms with Crippen LogP contribution in [0.25, 0.3) is 0 Å². The summed E-state index contributed by atoms with van der Waals surface area (Å²) >= 11 is 6.46. The Labute approximate surface area is 237 Å². The number of carbonyl (C=O) groups is 3. The van der Waals surface area contributed by atoms with Gasteiger partial charge in [-0.05, 0) is 95.0 Å². The summed E-state index contributed by atoms with van der Waals surface area (Å²) in [6.45, 7) is 15.1. The van der Waals surface area contributed by atoms with E-state index in [0.29, 0.717) is 17.1 Å². The van der Waals surface area contributed by atoms with E-state index in [1.54, 1.807) is 31.7 Å². The number of benzene rings is 2. The summed E-state index contributed by atoms with van der Waals surface area (Å²) in [6.07, 6.45) is 1.32. The number of nitrogens with zero attached hydrogens (tertiary/aromatic N) is 1. The van der Waals surface area contributed by atoms with E-state index >= 15 is 0 Å². The maximum atomic E-state index is 14.3. The zero-order valence-electron chi connectivity index (χ0n) is 24.4. The number of hydrogen-bond acceptors (Lipinski definition) is 4. The maximum absolute atomic E-state index is 14.3. The van der Waals surface area contributed by atoms with Crippen LogP contribution in [-0.2, 0) is 14.3 Å². The normalized spacial score (nSPS) is 14.9. The summed E-state index contributed by atoms with van der Waals surface area (Å²) in [5, 5.41) is 6.26. The van der Waals surface area contributed by atoms with Crippen LogP contribution in [0.4, 0.5) is 10.5 Å². The first-order valence-corrected chi connectivity index (χ1v) is 14.0. The summed E-state index contributed by atoms with van der Waals surface area (Å²) in [5.41, 5.74) is 3.23. The fourth-order valence-electron chi connectivity index (χ4n) is 4.83. The van der Waals surface area contributed by atoms with Gasteiger partial charge in [0.25, 0.3) is 5.91 Å². The van der Waals surface area contributed by atoms with Gasteiger partial charge in [0, 0.05) is 6.04 Å². The molecular weight excluding hydrogens is 514 g/mol. The Morgan fingerprint density at radius 2 is 1.56 bits per heavy atom. The van der Waals surface area contributed by atoms with Crippen LogP contribution in [0, 0.1) is 26.7 Å². The third-order valence-electron chi connectivity index (χ3n) is 6.70. The number of hydrogen-bond donors (Lipinski definition) is 2. The Balaban J connectivity index is 2.08. The minimum atomic E-state index is -0.906. The molecule has 2 atom stereocenters. The first kappa shape index (κ1) is 30.5. The second-order valence-electron chi connectivity index (χ2n) is 11.9. The molecule has 7 nitrogen and oxygen atoms in total. The van der Waals surface area contributed by atoms with Gasteiger partial charge < -0.3 is 20.3 Å². The predicted octanol–water partition coefficient (Wildman–Crippen LogP) is 6.88. The van der Waals surface area contributed by atoms with Crippen molar-refractivity contribution < 1.29 is 19.1 Å². The number of nitrogens with one attached hydrogen (secondary N) is 2. The molecule has 3 amide bonds. The van der Waals surface area contributed by atoms with Gasteiger partial charge >= 0.3 is 6.09 Å². The van der Waals surface area contributed by atoms with E-state index in [1.807, 2.05) is 65.0 Å². The Morgan fingerprint density at radius 3 is 2.08 bits per heavy atom. The fourth-order valence-corrected chi connectivity index (χ4v) is 5.10. The van der Waals surface area contributed by atoms with Crippen LogP contribution >= 0.6 is 11.6 Å². The van der Waals surface area contributed by atoms with Gasteiger partial charge in [-0.15, -0.1) is 0 Å². The van der Waals surface area contributed by atoms with Gasteiger partial charge in [-0.1, -0.05) is 55.8 Å². The molecule has 212 valence electrons. The molecule has 2 unspecified atom stereocenters. The summed E-state index contributed by atoms with van der Waals surface area (Å²) in [5.74, 6) is -0.520. The van der Waals surface area contributed by atoms with Gasteiger partial charge in [0.1, 0.15) is 17.7 Å². The van der Waals surface area contributed by atoms with Crippen LogP contribution in [0.5, 0.6) is 0 Å². The van der Waals surface area contributed by atoms with Crippen LogP contribution < -0.4 is 10.6 Å². The molecule has 1 aliphatic carbocycles. The summed E-state index contributed by atoms with van der Waals surface area (Å²) < 4.78 is 5.48. The second-order valence-corrected chi connectivity index (χ2v) is 12.3. The SMILES string of the molecule is Cc1cccc(Cl)c1NC(=O)C(c1c(C)cccc1C)N(C(=O)C(CC(C)C)NC(=O)OC(C)(C)C)C1CC1. The predicted molar refractivity (Wildman–Crippen MR) is 156 cm³/mol. The largest absolute Gasteiger partial charge is 0.444 e. The van der Waals surface area contributed by atoms with E-state index in [-0.39, 0.29) is 23.8 Å². The molecule has 0 bridgehead atoms. The molecule has 39 heavy (non-hydrogen) atoms. The van der Waals surface area contributed by atoms with Crippen molar-refractivity contribution in [1.29, 1.82) is 0 Å². The van der Waals surface area contributed by atoms with Crippen LogP contribution in [-0.4, -0.2) is 40.5 Å². The fraction of sp³-hybridized carbons (Fsp3) is 0.516. The van der Waals surface area contributed by atoms with Crippen LogP contribution in [0.3, 0.4) is 0 Å². The number of para-hydroxylation sites is 1. The highest BCUT2D eigenvalue weighted by Crippen LogP contribution is 2.39. The van der Waals surface area contributed by atoms with Crippen molar-refractivity contribution >= 4 is 35.2 Å². The van der Waals surface area contributed by atoms with Crippen molar-refractivity contribution in [2.75, 3.05) is 5.32 Å². The van der Waals surface area contributed by atoms with Crippen LogP contribution in [0.1, 0.15) is 82.2 Å². The molecule has 8 heteroatoms. The maximum Gasteiger partial charge on any atom is 0.408 e. The Hall–Kier alpha value is -3.06. The van der Waals surface area contributed by atoms with Crippen molar-refractivity contribution in [3.63, 3.8) is 0 Å². The molecule has 2 aromatic carbocycles. The van der Waals surface area contributed by atoms with E-state index in [0.717, 1.165) is 35.1 Å². The van der Waals surface area contributed by atoms with Gasteiger partial charge in [0.2, 0.25) is 5.91 Å². The molecule has 3 rings (SSSR count). The first-order chi connectivity index (χ1) is 18.2. The number of alkyl carbamates (subject to hydrolysis) is 1. The molecule has 0 radical (unpaired) electrons. The highest BCUT2D eigenvalue weighted by Gasteiger charge is 2.45. The number of carbonyl (C=O) groups excluding carboxylic acids is 3. The number of amides is 3. The van der Waals surface area contributed by atoms with Gasteiger partial charge in [0.05, 0.1) is 10.7 Å². The lowest BCUT2D eigenvalue weighted by Crippen LogP contribution is -2.53. The minimum absolute atomic E-state index is 0.116. The smallest absolute Gasteiger partial charge is 0.408 e. The zero-order valence-corrected chi connectivity index (χ0v) is 25.1. The third kappa shape index (κ3) is 7.98. The molecule has 2 aromatic rings. The van der Waals surface area contributed by atoms with Gasteiger partial charge in [-0.3, -0.25) is 9.59 Å². The molecule has 0 saturated heterocycles. The van der Waals surface area contributed by atoms with Crippen molar-refractivity contribution in [3.05, 3.63) is 63.7 Å². The standard InChI is InChI=1S/C31H42ClN3O4/c1-18(2)17-24(33-30(38)39-31(6,7)8)29(37)35(22-15-16-22)27(25-19(3)11-9-12-20(25)4)28(36)34-26-21(5)13-10-14-23(26)32/h9-14,18,22,24,27H,15-17H2,1-8H3,(H,33,38)(H,34,36). The Kier molecular flexibility index (Phi) is 9.70. The van der Waals surface area contributed by atoms with Crippen molar-refractivity contribution in [3.8, 4) is 0 Å². The minimum Gasteiger partial charge on any atom is -0.444 e. The highest BCUT2D eigenvalue weighted by molar-refractivity contribution is 6.34. The van der Waals surface area contributed by atoms with Gasteiger partial charge in [0.15, 0.2) is 0 Å². The Bertz CT molecular complexity index is 1180. The van der Waals surface area contributed by atoms with E-state index in [1.165, 1.54) is 0 Å². The van der Waals surface area contributed by atoms with Gasteiger partial charge in [-0.2, -0.15) is 0 Å². The molecule has 2 N–H and O–H groups in total. The van der Waals surface area contributed by atoms with Crippen LogP contribution in [0.2, 0.25) is 5.02 Å². The van der Waals surface area contributed by atoms with Crippen LogP contribution in [0.15, 0.2) is 36.4 Å². The molecular formula is C31H42ClN3O4. The summed E-state index contributed by atoms with van der Waals surface area (Å²) in [7, 11) is 0. The van der Waals surface area contributed by atoms with E-state index in [4.69, 9.17) is 16.3 Å². The lowest BCUT2D eigenvalue weighted by Gasteiger charge is -2.36. The molecule has 1 aliphatic rings. The highest BCUT2D eigenvalue weighted by atomic mass is 35.5. The number of ether oxygens (including phenoxy) is 1. The number of aryl methyl sites for hydroxylation is 3. The molecule has 0 aromatic heterocycles. The Morgan fingerprint density at radius 1 is 1.00 bits per heavy atom.